The molecule has 0 saturated carbocycles. The largest absolute Gasteiger partial charge is 0.309 e. The van der Waals surface area contributed by atoms with Crippen LogP contribution in [0.3, 0.4) is 0 Å². The average Bonchev–Trinajstić information content (AvgIpc) is 2.20. The number of nitrogens with zero attached hydrogens (tertiary/aromatic N) is 2. The molecule has 0 radical (unpaired) electrons. The van der Waals surface area contributed by atoms with E-state index in [0.29, 0.717) is 12.1 Å². The SMILES string of the molecule is Cc1cccnc1CN1CC(C)NC(C)C1.Cl. The molecule has 3 nitrogen and oxygen atoms in total. The van der Waals surface area contributed by atoms with Gasteiger partial charge in [0.05, 0.1) is 5.69 Å². The lowest BCUT2D eigenvalue weighted by Gasteiger charge is -2.36. The van der Waals surface area contributed by atoms with E-state index in [4.69, 9.17) is 0 Å². The number of aryl methyl sites for hydroxylation is 1. The third-order valence-corrected chi connectivity index (χ3v) is 3.12. The minimum Gasteiger partial charge on any atom is -0.309 e. The third-order valence-electron chi connectivity index (χ3n) is 3.12. The Balaban J connectivity index is 0.00000144. The van der Waals surface area contributed by atoms with Gasteiger partial charge in [0.25, 0.3) is 0 Å². The minimum absolute atomic E-state index is 0. The number of pyridine rings is 1. The van der Waals surface area contributed by atoms with E-state index >= 15 is 0 Å². The molecule has 1 aromatic rings. The first-order chi connectivity index (χ1) is 7.65. The van der Waals surface area contributed by atoms with Crippen LogP contribution in [-0.4, -0.2) is 35.1 Å². The van der Waals surface area contributed by atoms with Gasteiger partial charge >= 0.3 is 0 Å². The molecule has 2 atom stereocenters. The summed E-state index contributed by atoms with van der Waals surface area (Å²) in [5.74, 6) is 0. The van der Waals surface area contributed by atoms with E-state index in [9.17, 15) is 0 Å². The Morgan fingerprint density at radius 3 is 2.59 bits per heavy atom. The van der Waals surface area contributed by atoms with Gasteiger partial charge in [-0.25, -0.2) is 0 Å². The molecule has 1 aliphatic rings. The van der Waals surface area contributed by atoms with E-state index in [0.717, 1.165) is 19.6 Å². The van der Waals surface area contributed by atoms with Gasteiger partial charge in [0.2, 0.25) is 0 Å². The van der Waals surface area contributed by atoms with Crippen molar-refractivity contribution in [2.24, 2.45) is 0 Å². The predicted octanol–water partition coefficient (Wildman–Crippen LogP) is 1.99. The van der Waals surface area contributed by atoms with Gasteiger partial charge in [-0.1, -0.05) is 6.07 Å². The van der Waals surface area contributed by atoms with Gasteiger partial charge in [-0.2, -0.15) is 0 Å². The fraction of sp³-hybridized carbons (Fsp3) is 0.615. The van der Waals surface area contributed by atoms with Crippen molar-refractivity contribution in [2.45, 2.75) is 39.4 Å². The molecular weight excluding hydrogens is 234 g/mol. The summed E-state index contributed by atoms with van der Waals surface area (Å²) in [5.41, 5.74) is 2.50. The third kappa shape index (κ3) is 3.95. The number of piperazine rings is 1. The molecule has 0 aromatic carbocycles. The number of hydrogen-bond donors (Lipinski definition) is 1. The van der Waals surface area contributed by atoms with E-state index in [1.54, 1.807) is 0 Å². The maximum Gasteiger partial charge on any atom is 0.0573 e. The topological polar surface area (TPSA) is 28.2 Å². The average molecular weight is 256 g/mol. The normalized spacial score (nSPS) is 25.4. The first-order valence-corrected chi connectivity index (χ1v) is 6.04. The van der Waals surface area contributed by atoms with Crippen LogP contribution in [0.15, 0.2) is 18.3 Å². The summed E-state index contributed by atoms with van der Waals surface area (Å²) >= 11 is 0. The monoisotopic (exact) mass is 255 g/mol. The molecule has 2 rings (SSSR count). The van der Waals surface area contributed by atoms with E-state index in [1.165, 1.54) is 11.3 Å². The van der Waals surface area contributed by atoms with Gasteiger partial charge in [0.15, 0.2) is 0 Å². The predicted molar refractivity (Wildman–Crippen MR) is 73.6 cm³/mol. The number of hydrogen-bond acceptors (Lipinski definition) is 3. The maximum atomic E-state index is 4.46. The molecule has 1 saturated heterocycles. The summed E-state index contributed by atoms with van der Waals surface area (Å²) in [7, 11) is 0. The molecular formula is C13H22ClN3. The highest BCUT2D eigenvalue weighted by atomic mass is 35.5. The number of nitrogens with one attached hydrogen (secondary N) is 1. The van der Waals surface area contributed by atoms with Crippen LogP contribution in [0, 0.1) is 6.92 Å². The lowest BCUT2D eigenvalue weighted by molar-refractivity contribution is 0.164. The zero-order valence-corrected chi connectivity index (χ0v) is 11.6. The van der Waals surface area contributed by atoms with Crippen LogP contribution in [-0.2, 0) is 6.54 Å². The maximum absolute atomic E-state index is 4.46. The van der Waals surface area contributed by atoms with Gasteiger partial charge in [0, 0.05) is 37.9 Å². The van der Waals surface area contributed by atoms with Crippen molar-refractivity contribution in [3.8, 4) is 0 Å². The summed E-state index contributed by atoms with van der Waals surface area (Å²) in [6, 6.07) is 5.29. The zero-order chi connectivity index (χ0) is 11.5. The second-order valence-electron chi connectivity index (χ2n) is 4.93. The Morgan fingerprint density at radius 2 is 2.00 bits per heavy atom. The van der Waals surface area contributed by atoms with Crippen molar-refractivity contribution in [1.29, 1.82) is 0 Å². The van der Waals surface area contributed by atoms with E-state index in [1.807, 2.05) is 12.3 Å². The standard InChI is InChI=1S/C13H21N3.ClH/c1-10-5-4-6-14-13(10)9-16-7-11(2)15-12(3)8-16;/h4-6,11-12,15H,7-9H2,1-3H3;1H. The van der Waals surface area contributed by atoms with Gasteiger partial charge in [0.1, 0.15) is 0 Å². The van der Waals surface area contributed by atoms with Crippen molar-refractivity contribution in [3.63, 3.8) is 0 Å². The molecule has 1 fully saturated rings. The highest BCUT2D eigenvalue weighted by molar-refractivity contribution is 5.85. The molecule has 17 heavy (non-hydrogen) atoms. The Bertz CT molecular complexity index is 346. The first-order valence-electron chi connectivity index (χ1n) is 6.04. The van der Waals surface area contributed by atoms with Crippen LogP contribution in [0.2, 0.25) is 0 Å². The van der Waals surface area contributed by atoms with Gasteiger partial charge < -0.3 is 5.32 Å². The van der Waals surface area contributed by atoms with E-state index < -0.39 is 0 Å². The summed E-state index contributed by atoms with van der Waals surface area (Å²) in [4.78, 5) is 6.95. The van der Waals surface area contributed by atoms with Gasteiger partial charge in [-0.3, -0.25) is 9.88 Å². The van der Waals surface area contributed by atoms with E-state index in [2.05, 4.69) is 42.0 Å². The van der Waals surface area contributed by atoms with E-state index in [-0.39, 0.29) is 12.4 Å². The summed E-state index contributed by atoms with van der Waals surface area (Å²) in [5, 5.41) is 3.55. The Kier molecular flexibility index (Phi) is 5.37. The molecule has 0 amide bonds. The lowest BCUT2D eigenvalue weighted by atomic mass is 10.1. The van der Waals surface area contributed by atoms with Gasteiger partial charge in [-0.05, 0) is 32.4 Å². The van der Waals surface area contributed by atoms with Crippen LogP contribution in [0.25, 0.3) is 0 Å². The molecule has 2 heterocycles. The van der Waals surface area contributed by atoms with Crippen LogP contribution >= 0.6 is 12.4 Å². The van der Waals surface area contributed by atoms with Crippen molar-refractivity contribution in [2.75, 3.05) is 13.1 Å². The highest BCUT2D eigenvalue weighted by Crippen LogP contribution is 2.11. The number of halogens is 1. The first kappa shape index (κ1) is 14.4. The second-order valence-corrected chi connectivity index (χ2v) is 4.93. The van der Waals surface area contributed by atoms with Crippen LogP contribution in [0.1, 0.15) is 25.1 Å². The van der Waals surface area contributed by atoms with Gasteiger partial charge in [-0.15, -0.1) is 12.4 Å². The van der Waals surface area contributed by atoms with Crippen molar-refractivity contribution in [3.05, 3.63) is 29.6 Å². The number of rotatable bonds is 2. The smallest absolute Gasteiger partial charge is 0.0573 e. The summed E-state index contributed by atoms with van der Waals surface area (Å²) < 4.78 is 0. The molecule has 1 N–H and O–H groups in total. The van der Waals surface area contributed by atoms with Crippen molar-refractivity contribution < 1.29 is 0 Å². The number of aromatic nitrogens is 1. The zero-order valence-electron chi connectivity index (χ0n) is 10.8. The fourth-order valence-electron chi connectivity index (χ4n) is 2.47. The highest BCUT2D eigenvalue weighted by Gasteiger charge is 2.21. The molecule has 2 unspecified atom stereocenters. The van der Waals surface area contributed by atoms with Crippen LogP contribution < -0.4 is 5.32 Å². The van der Waals surface area contributed by atoms with Crippen molar-refractivity contribution in [1.82, 2.24) is 15.2 Å². The van der Waals surface area contributed by atoms with Crippen LogP contribution in [0.5, 0.6) is 0 Å². The molecule has 4 heteroatoms. The molecule has 0 bridgehead atoms. The Morgan fingerprint density at radius 1 is 1.35 bits per heavy atom. The lowest BCUT2D eigenvalue weighted by Crippen LogP contribution is -2.53. The summed E-state index contributed by atoms with van der Waals surface area (Å²) in [6.07, 6.45) is 1.89. The van der Waals surface area contributed by atoms with Crippen LogP contribution in [0.4, 0.5) is 0 Å². The fourth-order valence-corrected chi connectivity index (χ4v) is 2.47. The Labute approximate surface area is 110 Å². The Hall–Kier alpha value is -0.640. The molecule has 0 aliphatic carbocycles. The molecule has 1 aliphatic heterocycles. The quantitative estimate of drug-likeness (QED) is 0.876. The molecule has 96 valence electrons. The second kappa shape index (κ2) is 6.34. The minimum atomic E-state index is 0. The molecule has 0 spiro atoms. The van der Waals surface area contributed by atoms with Crippen molar-refractivity contribution >= 4 is 12.4 Å². The molecule has 1 aromatic heterocycles. The summed E-state index contributed by atoms with van der Waals surface area (Å²) in [6.45, 7) is 9.82.